The summed E-state index contributed by atoms with van der Waals surface area (Å²) in [5.74, 6) is 0.770. The second kappa shape index (κ2) is 6.86. The lowest BCUT2D eigenvalue weighted by Gasteiger charge is -2.41. The van der Waals surface area contributed by atoms with Gasteiger partial charge in [0, 0.05) is 37.3 Å². The van der Waals surface area contributed by atoms with E-state index < -0.39 is 5.60 Å². The lowest BCUT2D eigenvalue weighted by Crippen LogP contribution is -2.54. The Balaban J connectivity index is 1.69. The number of aromatic nitrogens is 2. The van der Waals surface area contributed by atoms with Crippen LogP contribution in [-0.2, 0) is 0 Å². The van der Waals surface area contributed by atoms with Gasteiger partial charge in [0.05, 0.1) is 17.7 Å². The number of hydrogen-bond acceptors (Lipinski definition) is 6. The zero-order chi connectivity index (χ0) is 17.2. The van der Waals surface area contributed by atoms with E-state index >= 15 is 0 Å². The Morgan fingerprint density at radius 1 is 1.50 bits per heavy atom. The highest BCUT2D eigenvalue weighted by molar-refractivity contribution is 7.08. The van der Waals surface area contributed by atoms with E-state index in [0.29, 0.717) is 25.1 Å². The normalized spacial score (nSPS) is 20.9. The van der Waals surface area contributed by atoms with Crippen LogP contribution in [0.5, 0.6) is 0 Å². The molecule has 1 N–H and O–H groups in total. The highest BCUT2D eigenvalue weighted by atomic mass is 32.1. The van der Waals surface area contributed by atoms with E-state index in [1.54, 1.807) is 18.3 Å². The maximum atomic E-state index is 12.4. The summed E-state index contributed by atoms with van der Waals surface area (Å²) in [5, 5.41) is 14.7. The van der Waals surface area contributed by atoms with Crippen LogP contribution in [0.1, 0.15) is 28.9 Å². The van der Waals surface area contributed by atoms with Crippen LogP contribution in [0.2, 0.25) is 0 Å². The first-order valence-electron chi connectivity index (χ1n) is 8.00. The fraction of sp³-hybridized carbons (Fsp3) is 0.471. The average Bonchev–Trinajstić information content (AvgIpc) is 3.08. The van der Waals surface area contributed by atoms with Crippen molar-refractivity contribution in [1.82, 2.24) is 14.9 Å². The molecule has 1 fully saturated rings. The molecule has 1 atom stereocenters. The zero-order valence-electron chi connectivity index (χ0n) is 14.0. The zero-order valence-corrected chi connectivity index (χ0v) is 14.8. The minimum Gasteiger partial charge on any atom is -0.386 e. The van der Waals surface area contributed by atoms with Gasteiger partial charge in [-0.25, -0.2) is 9.97 Å². The molecule has 0 bridgehead atoms. The van der Waals surface area contributed by atoms with Crippen molar-refractivity contribution in [3.63, 3.8) is 0 Å². The Bertz CT molecular complexity index is 706. The van der Waals surface area contributed by atoms with Crippen molar-refractivity contribution in [2.24, 2.45) is 0 Å². The number of amides is 1. The summed E-state index contributed by atoms with van der Waals surface area (Å²) in [6, 6.07) is 3.73. The number of aliphatic hydroxyl groups is 1. The molecule has 7 heteroatoms. The summed E-state index contributed by atoms with van der Waals surface area (Å²) in [6.45, 7) is 3.54. The maximum absolute atomic E-state index is 12.4. The molecule has 1 aliphatic heterocycles. The second-order valence-corrected chi connectivity index (χ2v) is 7.22. The predicted molar refractivity (Wildman–Crippen MR) is 94.4 cm³/mol. The van der Waals surface area contributed by atoms with Crippen LogP contribution in [-0.4, -0.2) is 58.2 Å². The van der Waals surface area contributed by atoms with Crippen molar-refractivity contribution in [3.8, 4) is 0 Å². The topological polar surface area (TPSA) is 69.6 Å². The molecule has 0 aromatic carbocycles. The summed E-state index contributed by atoms with van der Waals surface area (Å²) >= 11 is 1.50. The minimum atomic E-state index is -0.933. The highest BCUT2D eigenvalue weighted by Gasteiger charge is 2.36. The van der Waals surface area contributed by atoms with Crippen molar-refractivity contribution in [2.75, 3.05) is 31.6 Å². The third-order valence-corrected chi connectivity index (χ3v) is 5.00. The summed E-state index contributed by atoms with van der Waals surface area (Å²) in [5.41, 5.74) is 0.640. The number of carbonyl (C=O) groups excluding carboxylic acids is 1. The Morgan fingerprint density at radius 2 is 2.33 bits per heavy atom. The number of thiophene rings is 1. The third kappa shape index (κ3) is 3.73. The number of anilines is 1. The van der Waals surface area contributed by atoms with Gasteiger partial charge in [0.2, 0.25) is 0 Å². The molecular formula is C17H22N4O2S. The Labute approximate surface area is 145 Å². The summed E-state index contributed by atoms with van der Waals surface area (Å²) in [7, 11) is 1.74. The van der Waals surface area contributed by atoms with Gasteiger partial charge in [-0.2, -0.15) is 11.3 Å². The molecule has 0 saturated carbocycles. The molecule has 0 aliphatic carbocycles. The fourth-order valence-electron chi connectivity index (χ4n) is 3.17. The van der Waals surface area contributed by atoms with E-state index in [9.17, 15) is 9.90 Å². The molecule has 6 nitrogen and oxygen atoms in total. The van der Waals surface area contributed by atoms with Crippen LogP contribution >= 0.6 is 11.3 Å². The SMILES string of the molecule is Cc1cc(N2CCCC(O)(CN(C)C(=O)c3ccsc3)C2)ncn1. The van der Waals surface area contributed by atoms with Crippen LogP contribution in [0, 0.1) is 6.92 Å². The van der Waals surface area contributed by atoms with E-state index in [1.807, 2.05) is 29.8 Å². The molecule has 3 heterocycles. The number of hydrogen-bond donors (Lipinski definition) is 1. The van der Waals surface area contributed by atoms with Gasteiger partial charge in [0.15, 0.2) is 0 Å². The molecule has 3 rings (SSSR count). The van der Waals surface area contributed by atoms with Crippen molar-refractivity contribution < 1.29 is 9.90 Å². The Morgan fingerprint density at radius 3 is 3.04 bits per heavy atom. The highest BCUT2D eigenvalue weighted by Crippen LogP contribution is 2.26. The molecule has 1 saturated heterocycles. The fourth-order valence-corrected chi connectivity index (χ4v) is 3.80. The first-order valence-corrected chi connectivity index (χ1v) is 8.95. The molecular weight excluding hydrogens is 324 g/mol. The summed E-state index contributed by atoms with van der Waals surface area (Å²) in [4.78, 5) is 24.5. The summed E-state index contributed by atoms with van der Waals surface area (Å²) in [6.07, 6.45) is 3.08. The van der Waals surface area contributed by atoms with Gasteiger partial charge in [-0.1, -0.05) is 0 Å². The lowest BCUT2D eigenvalue weighted by atomic mass is 9.92. The van der Waals surface area contributed by atoms with Crippen molar-refractivity contribution in [1.29, 1.82) is 0 Å². The lowest BCUT2D eigenvalue weighted by molar-refractivity contribution is -0.000125. The second-order valence-electron chi connectivity index (χ2n) is 6.44. The van der Waals surface area contributed by atoms with E-state index in [2.05, 4.69) is 14.9 Å². The van der Waals surface area contributed by atoms with Crippen LogP contribution in [0.15, 0.2) is 29.2 Å². The maximum Gasteiger partial charge on any atom is 0.254 e. The molecule has 128 valence electrons. The number of carbonyl (C=O) groups is 1. The quantitative estimate of drug-likeness (QED) is 0.916. The number of likely N-dealkylation sites (N-methyl/N-ethyl adjacent to an activating group) is 1. The van der Waals surface area contributed by atoms with E-state index in [-0.39, 0.29) is 5.91 Å². The number of β-amino-alcohol motifs (C(OH)–C–C–N with tert-alkyl or cyclic N) is 1. The van der Waals surface area contributed by atoms with Crippen LogP contribution in [0.4, 0.5) is 5.82 Å². The van der Waals surface area contributed by atoms with Crippen LogP contribution in [0.25, 0.3) is 0 Å². The smallest absolute Gasteiger partial charge is 0.254 e. The first kappa shape index (κ1) is 16.9. The standard InChI is InChI=1S/C17H22N4O2S/c1-13-8-15(19-12-18-13)21-6-3-5-17(23,11-21)10-20(2)16(22)14-4-7-24-9-14/h4,7-9,12,23H,3,5-6,10-11H2,1-2H3. The minimum absolute atomic E-state index is 0.0559. The Hall–Kier alpha value is -1.99. The van der Waals surface area contributed by atoms with Gasteiger partial charge < -0.3 is 14.9 Å². The van der Waals surface area contributed by atoms with Crippen molar-refractivity contribution >= 4 is 23.1 Å². The molecule has 0 spiro atoms. The third-order valence-electron chi connectivity index (χ3n) is 4.32. The van der Waals surface area contributed by atoms with Crippen LogP contribution < -0.4 is 4.90 Å². The number of nitrogens with zero attached hydrogens (tertiary/aromatic N) is 4. The average molecular weight is 346 g/mol. The Kier molecular flexibility index (Phi) is 4.82. The van der Waals surface area contributed by atoms with Crippen molar-refractivity contribution in [3.05, 3.63) is 40.5 Å². The monoisotopic (exact) mass is 346 g/mol. The molecule has 2 aromatic rings. The van der Waals surface area contributed by atoms with Gasteiger partial charge in [-0.05, 0) is 31.2 Å². The molecule has 1 unspecified atom stereocenters. The molecule has 0 radical (unpaired) electrons. The van der Waals surface area contributed by atoms with E-state index in [0.717, 1.165) is 24.5 Å². The number of rotatable bonds is 4. The molecule has 24 heavy (non-hydrogen) atoms. The summed E-state index contributed by atoms with van der Waals surface area (Å²) < 4.78 is 0. The van der Waals surface area contributed by atoms with E-state index in [4.69, 9.17) is 0 Å². The molecule has 2 aromatic heterocycles. The van der Waals surface area contributed by atoms with E-state index in [1.165, 1.54) is 11.3 Å². The van der Waals surface area contributed by atoms with Gasteiger partial charge in [0.25, 0.3) is 5.91 Å². The number of aryl methyl sites for hydroxylation is 1. The van der Waals surface area contributed by atoms with Gasteiger partial charge >= 0.3 is 0 Å². The van der Waals surface area contributed by atoms with Gasteiger partial charge in [-0.15, -0.1) is 0 Å². The largest absolute Gasteiger partial charge is 0.386 e. The van der Waals surface area contributed by atoms with Crippen LogP contribution in [0.3, 0.4) is 0 Å². The predicted octanol–water partition coefficient (Wildman–Crippen LogP) is 1.95. The van der Waals surface area contributed by atoms with Gasteiger partial charge in [0.1, 0.15) is 12.1 Å². The van der Waals surface area contributed by atoms with Gasteiger partial charge in [-0.3, -0.25) is 4.79 Å². The van der Waals surface area contributed by atoms with Crippen molar-refractivity contribution in [2.45, 2.75) is 25.4 Å². The number of piperidine rings is 1. The first-order chi connectivity index (χ1) is 11.5. The molecule has 1 aliphatic rings. The molecule has 1 amide bonds.